The summed E-state index contributed by atoms with van der Waals surface area (Å²) in [4.78, 5) is 7.64. The highest BCUT2D eigenvalue weighted by Gasteiger charge is 1.90. The molecule has 0 atom stereocenters. The van der Waals surface area contributed by atoms with Crippen LogP contribution in [-0.4, -0.2) is 9.97 Å². The van der Waals surface area contributed by atoms with Gasteiger partial charge in [-0.25, -0.2) is 9.97 Å². The van der Waals surface area contributed by atoms with Crippen molar-refractivity contribution in [2.45, 2.75) is 19.7 Å². The first-order valence-electron chi connectivity index (χ1n) is 5.29. The third kappa shape index (κ3) is 7.30. The van der Waals surface area contributed by atoms with Gasteiger partial charge in [-0.15, -0.1) is 11.6 Å². The second kappa shape index (κ2) is 10.4. The fourth-order valence-electron chi connectivity index (χ4n) is 1.09. The maximum atomic E-state index is 8.28. The van der Waals surface area contributed by atoms with Crippen molar-refractivity contribution >= 4 is 34.8 Å². The van der Waals surface area contributed by atoms with E-state index in [2.05, 4.69) is 9.97 Å². The van der Waals surface area contributed by atoms with Crippen LogP contribution in [0.4, 0.5) is 0 Å². The number of nitriles is 1. The van der Waals surface area contributed by atoms with Crippen LogP contribution in [-0.2, 0) is 12.3 Å². The van der Waals surface area contributed by atoms with E-state index < -0.39 is 0 Å². The SMILES string of the molecule is C.ClCc1ccc(Cl)nc1.N#CCc1ccc(Cl)nc1. The number of hydrogen-bond acceptors (Lipinski definition) is 3. The molecule has 0 saturated carbocycles. The third-order valence-electron chi connectivity index (χ3n) is 2.01. The molecule has 20 heavy (non-hydrogen) atoms. The van der Waals surface area contributed by atoms with Crippen molar-refractivity contribution < 1.29 is 0 Å². The predicted octanol–water partition coefficient (Wildman–Crippen LogP) is 4.91. The van der Waals surface area contributed by atoms with Gasteiger partial charge in [0.1, 0.15) is 10.3 Å². The van der Waals surface area contributed by atoms with Gasteiger partial charge in [0.2, 0.25) is 0 Å². The van der Waals surface area contributed by atoms with Crippen molar-refractivity contribution in [3.63, 3.8) is 0 Å². The minimum atomic E-state index is 0. The van der Waals surface area contributed by atoms with E-state index in [-0.39, 0.29) is 7.43 Å². The monoisotopic (exact) mass is 329 g/mol. The van der Waals surface area contributed by atoms with Gasteiger partial charge in [0.25, 0.3) is 0 Å². The minimum absolute atomic E-state index is 0. The van der Waals surface area contributed by atoms with Gasteiger partial charge in [-0.05, 0) is 23.3 Å². The molecule has 0 radical (unpaired) electrons. The van der Waals surface area contributed by atoms with Gasteiger partial charge in [-0.1, -0.05) is 42.8 Å². The molecule has 0 aliphatic heterocycles. The van der Waals surface area contributed by atoms with Gasteiger partial charge in [0.15, 0.2) is 0 Å². The third-order valence-corrected chi connectivity index (χ3v) is 2.77. The molecule has 106 valence electrons. The predicted molar refractivity (Wildman–Crippen MR) is 84.1 cm³/mol. The highest BCUT2D eigenvalue weighted by molar-refractivity contribution is 6.29. The van der Waals surface area contributed by atoms with E-state index in [4.69, 9.17) is 40.1 Å². The summed E-state index contributed by atoms with van der Waals surface area (Å²) in [6.45, 7) is 0. The Morgan fingerprint density at radius 1 is 0.950 bits per heavy atom. The molecule has 2 heterocycles. The molecular formula is C14H14Cl3N3. The Labute approximate surface area is 134 Å². The van der Waals surface area contributed by atoms with Crippen molar-refractivity contribution in [3.05, 3.63) is 58.1 Å². The molecule has 0 N–H and O–H groups in total. The number of rotatable bonds is 2. The van der Waals surface area contributed by atoms with E-state index in [1.165, 1.54) is 0 Å². The van der Waals surface area contributed by atoms with Crippen LogP contribution in [0.25, 0.3) is 0 Å². The molecule has 2 rings (SSSR count). The molecule has 6 heteroatoms. The number of hydrogen-bond donors (Lipinski definition) is 0. The lowest BCUT2D eigenvalue weighted by Gasteiger charge is -1.91. The fraction of sp³-hybridized carbons (Fsp3) is 0.214. The van der Waals surface area contributed by atoms with Crippen LogP contribution in [0.2, 0.25) is 10.3 Å². The Morgan fingerprint density at radius 2 is 1.45 bits per heavy atom. The van der Waals surface area contributed by atoms with Crippen LogP contribution < -0.4 is 0 Å². The van der Waals surface area contributed by atoms with Crippen LogP contribution in [0.15, 0.2) is 36.7 Å². The van der Waals surface area contributed by atoms with E-state index in [0.717, 1.165) is 11.1 Å². The van der Waals surface area contributed by atoms with Crippen LogP contribution in [0.1, 0.15) is 18.6 Å². The quantitative estimate of drug-likeness (QED) is 0.580. The molecular weight excluding hydrogens is 317 g/mol. The molecule has 0 fully saturated rings. The Kier molecular flexibility index (Phi) is 9.75. The summed E-state index contributed by atoms with van der Waals surface area (Å²) in [5.41, 5.74) is 1.88. The Balaban J connectivity index is 0.000000345. The van der Waals surface area contributed by atoms with E-state index in [1.54, 1.807) is 30.6 Å². The standard InChI is InChI=1S/C7H5ClN2.C6H5Cl2N.CH4/c8-7-2-1-6(3-4-9)5-10-7;7-3-5-1-2-6(8)9-4-5;/h1-2,5H,3H2;1-2,4H,3H2;1H4. The molecule has 0 amide bonds. The first-order valence-corrected chi connectivity index (χ1v) is 6.58. The highest BCUT2D eigenvalue weighted by atomic mass is 35.5. The van der Waals surface area contributed by atoms with Gasteiger partial charge in [0.05, 0.1) is 12.5 Å². The second-order valence-electron chi connectivity index (χ2n) is 3.45. The summed E-state index contributed by atoms with van der Waals surface area (Å²) < 4.78 is 0. The molecule has 0 saturated heterocycles. The van der Waals surface area contributed by atoms with Gasteiger partial charge in [-0.3, -0.25) is 0 Å². The summed E-state index contributed by atoms with van der Waals surface area (Å²) in [5, 5.41) is 9.24. The molecule has 2 aromatic heterocycles. The zero-order chi connectivity index (χ0) is 14.1. The number of halogens is 3. The second-order valence-corrected chi connectivity index (χ2v) is 4.49. The number of nitrogens with zero attached hydrogens (tertiary/aromatic N) is 3. The summed E-state index contributed by atoms with van der Waals surface area (Å²) >= 11 is 16.5. The molecule has 0 aliphatic rings. The molecule has 0 aliphatic carbocycles. The molecule has 2 aromatic rings. The van der Waals surface area contributed by atoms with Crippen molar-refractivity contribution in [1.82, 2.24) is 9.97 Å². The normalized spacial score (nSPS) is 8.70. The molecule has 3 nitrogen and oxygen atoms in total. The Morgan fingerprint density at radius 3 is 1.80 bits per heavy atom. The Hall–Kier alpha value is -1.34. The van der Waals surface area contributed by atoms with Crippen molar-refractivity contribution in [2.75, 3.05) is 0 Å². The maximum absolute atomic E-state index is 8.28. The molecule has 0 bridgehead atoms. The number of alkyl halides is 1. The van der Waals surface area contributed by atoms with Crippen LogP contribution >= 0.6 is 34.8 Å². The van der Waals surface area contributed by atoms with Crippen LogP contribution in [0, 0.1) is 11.3 Å². The minimum Gasteiger partial charge on any atom is -0.244 e. The zero-order valence-electron chi connectivity index (χ0n) is 9.85. The lowest BCUT2D eigenvalue weighted by Crippen LogP contribution is -1.82. The van der Waals surface area contributed by atoms with Crippen molar-refractivity contribution in [3.8, 4) is 6.07 Å². The van der Waals surface area contributed by atoms with Crippen LogP contribution in [0.3, 0.4) is 0 Å². The van der Waals surface area contributed by atoms with E-state index in [0.29, 0.717) is 22.6 Å². The average molecular weight is 331 g/mol. The maximum Gasteiger partial charge on any atom is 0.129 e. The largest absolute Gasteiger partial charge is 0.244 e. The van der Waals surface area contributed by atoms with Gasteiger partial charge in [-0.2, -0.15) is 5.26 Å². The van der Waals surface area contributed by atoms with E-state index in [9.17, 15) is 0 Å². The lowest BCUT2D eigenvalue weighted by molar-refractivity contribution is 1.19. The van der Waals surface area contributed by atoms with Crippen LogP contribution in [0.5, 0.6) is 0 Å². The molecule has 0 spiro atoms. The Bertz CT molecular complexity index is 533. The summed E-state index contributed by atoms with van der Waals surface area (Å²) in [5.74, 6) is 0.490. The van der Waals surface area contributed by atoms with E-state index in [1.807, 2.05) is 12.1 Å². The highest BCUT2D eigenvalue weighted by Crippen LogP contribution is 2.06. The van der Waals surface area contributed by atoms with Crippen molar-refractivity contribution in [1.29, 1.82) is 5.26 Å². The zero-order valence-corrected chi connectivity index (χ0v) is 12.1. The first-order chi connectivity index (χ1) is 9.15. The number of pyridine rings is 2. The smallest absolute Gasteiger partial charge is 0.129 e. The summed E-state index contributed by atoms with van der Waals surface area (Å²) in [6.07, 6.45) is 3.66. The van der Waals surface area contributed by atoms with Gasteiger partial charge in [0, 0.05) is 18.3 Å². The fourth-order valence-corrected chi connectivity index (χ4v) is 1.47. The molecule has 0 unspecified atom stereocenters. The number of aromatic nitrogens is 2. The lowest BCUT2D eigenvalue weighted by atomic mass is 10.2. The average Bonchev–Trinajstić information content (AvgIpc) is 2.43. The van der Waals surface area contributed by atoms with Gasteiger partial charge >= 0.3 is 0 Å². The summed E-state index contributed by atoms with van der Waals surface area (Å²) in [6, 6.07) is 9.06. The summed E-state index contributed by atoms with van der Waals surface area (Å²) in [7, 11) is 0. The first kappa shape index (κ1) is 18.7. The van der Waals surface area contributed by atoms with Gasteiger partial charge < -0.3 is 0 Å². The van der Waals surface area contributed by atoms with Crippen molar-refractivity contribution in [2.24, 2.45) is 0 Å². The van der Waals surface area contributed by atoms with E-state index >= 15 is 0 Å². The topological polar surface area (TPSA) is 49.6 Å². The molecule has 0 aromatic carbocycles.